The highest BCUT2D eigenvalue weighted by Gasteiger charge is 2.20. The summed E-state index contributed by atoms with van der Waals surface area (Å²) >= 11 is 9.07. The van der Waals surface area contributed by atoms with Gasteiger partial charge in [-0.05, 0) is 36.9 Å². The zero-order chi connectivity index (χ0) is 14.7. The van der Waals surface area contributed by atoms with E-state index in [-0.39, 0.29) is 5.82 Å². The summed E-state index contributed by atoms with van der Waals surface area (Å²) in [4.78, 5) is 0. The monoisotopic (exact) mass is 359 g/mol. The van der Waals surface area contributed by atoms with Crippen molar-refractivity contribution in [3.8, 4) is 0 Å². The molecule has 0 aliphatic carbocycles. The minimum atomic E-state index is -0.560. The van der Waals surface area contributed by atoms with Crippen molar-refractivity contribution in [2.24, 2.45) is 0 Å². The molecule has 1 nitrogen and oxygen atoms in total. The van der Waals surface area contributed by atoms with Gasteiger partial charge in [-0.15, -0.1) is 0 Å². The molecular weight excluding hydrogens is 348 g/mol. The second-order valence-corrected chi connectivity index (χ2v) is 5.67. The molecule has 0 saturated heterocycles. The first-order valence-corrected chi connectivity index (χ1v) is 7.33. The number of hydrogen-bond acceptors (Lipinski definition) is 1. The van der Waals surface area contributed by atoms with E-state index in [1.54, 1.807) is 24.3 Å². The fourth-order valence-electron chi connectivity index (χ4n) is 2.06. The fraction of sp³-hybridized carbons (Fsp3) is 0.200. The highest BCUT2D eigenvalue weighted by Crippen LogP contribution is 2.29. The average molecular weight is 361 g/mol. The van der Waals surface area contributed by atoms with E-state index in [9.17, 15) is 8.78 Å². The SMILES string of the molecule is CCNC(c1ccc(Cl)cc1F)c1cc(Br)ccc1F. The predicted octanol–water partition coefficient (Wildman–Crippen LogP) is 5.08. The van der Waals surface area contributed by atoms with Crippen LogP contribution in [0.3, 0.4) is 0 Å². The number of nitrogens with one attached hydrogen (secondary N) is 1. The zero-order valence-electron chi connectivity index (χ0n) is 10.8. The Morgan fingerprint density at radius 1 is 1.10 bits per heavy atom. The Kier molecular flexibility index (Phi) is 5.13. The molecule has 0 saturated carbocycles. The molecule has 1 N–H and O–H groups in total. The van der Waals surface area contributed by atoms with Crippen molar-refractivity contribution in [3.63, 3.8) is 0 Å². The van der Waals surface area contributed by atoms with Crippen molar-refractivity contribution >= 4 is 27.5 Å². The molecule has 1 unspecified atom stereocenters. The van der Waals surface area contributed by atoms with Gasteiger partial charge in [0.25, 0.3) is 0 Å². The van der Waals surface area contributed by atoms with Crippen LogP contribution in [0.5, 0.6) is 0 Å². The maximum atomic E-state index is 14.1. The van der Waals surface area contributed by atoms with Crippen LogP contribution < -0.4 is 5.32 Å². The highest BCUT2D eigenvalue weighted by atomic mass is 79.9. The van der Waals surface area contributed by atoms with Gasteiger partial charge in [0, 0.05) is 20.6 Å². The molecule has 2 aromatic rings. The summed E-state index contributed by atoms with van der Waals surface area (Å²) in [5, 5.41) is 3.42. The Labute approximate surface area is 130 Å². The Balaban J connectivity index is 2.53. The van der Waals surface area contributed by atoms with E-state index in [0.29, 0.717) is 22.7 Å². The van der Waals surface area contributed by atoms with E-state index < -0.39 is 11.9 Å². The third kappa shape index (κ3) is 3.37. The van der Waals surface area contributed by atoms with E-state index in [0.717, 1.165) is 4.47 Å². The van der Waals surface area contributed by atoms with Crippen molar-refractivity contribution in [1.29, 1.82) is 0 Å². The van der Waals surface area contributed by atoms with Crippen LogP contribution in [-0.4, -0.2) is 6.54 Å². The van der Waals surface area contributed by atoms with Crippen LogP contribution in [0.25, 0.3) is 0 Å². The van der Waals surface area contributed by atoms with Gasteiger partial charge in [0.2, 0.25) is 0 Å². The molecule has 0 heterocycles. The molecule has 0 radical (unpaired) electrons. The molecule has 2 aromatic carbocycles. The zero-order valence-corrected chi connectivity index (χ0v) is 13.1. The molecule has 0 spiro atoms. The number of halogens is 4. The van der Waals surface area contributed by atoms with Gasteiger partial charge in [0.15, 0.2) is 0 Å². The van der Waals surface area contributed by atoms with Crippen LogP contribution in [0.4, 0.5) is 8.78 Å². The van der Waals surface area contributed by atoms with Crippen LogP contribution in [0, 0.1) is 11.6 Å². The maximum Gasteiger partial charge on any atom is 0.129 e. The lowest BCUT2D eigenvalue weighted by atomic mass is 9.97. The van der Waals surface area contributed by atoms with Gasteiger partial charge >= 0.3 is 0 Å². The molecule has 2 rings (SSSR count). The summed E-state index contributed by atoms with van der Waals surface area (Å²) in [7, 11) is 0. The smallest absolute Gasteiger partial charge is 0.129 e. The lowest BCUT2D eigenvalue weighted by molar-refractivity contribution is 0.530. The minimum absolute atomic E-state index is 0.316. The molecule has 0 aromatic heterocycles. The number of hydrogen-bond donors (Lipinski definition) is 1. The first kappa shape index (κ1) is 15.4. The molecule has 20 heavy (non-hydrogen) atoms. The van der Waals surface area contributed by atoms with Crippen LogP contribution in [0.15, 0.2) is 40.9 Å². The lowest BCUT2D eigenvalue weighted by Gasteiger charge is -2.20. The molecule has 0 amide bonds. The fourth-order valence-corrected chi connectivity index (χ4v) is 2.60. The molecule has 0 bridgehead atoms. The molecule has 0 aliphatic heterocycles. The molecular formula is C15H13BrClF2N. The minimum Gasteiger partial charge on any atom is -0.306 e. The van der Waals surface area contributed by atoms with Gasteiger partial charge in [0.05, 0.1) is 6.04 Å². The van der Waals surface area contributed by atoms with Gasteiger partial charge in [0.1, 0.15) is 11.6 Å². The Hall–Kier alpha value is -0.970. The molecule has 106 valence electrons. The van der Waals surface area contributed by atoms with Crippen LogP contribution in [-0.2, 0) is 0 Å². The average Bonchev–Trinajstić information content (AvgIpc) is 2.40. The predicted molar refractivity (Wildman–Crippen MR) is 81.0 cm³/mol. The van der Waals surface area contributed by atoms with Crippen molar-refractivity contribution in [2.45, 2.75) is 13.0 Å². The number of benzene rings is 2. The largest absolute Gasteiger partial charge is 0.306 e. The van der Waals surface area contributed by atoms with E-state index in [1.165, 1.54) is 12.1 Å². The van der Waals surface area contributed by atoms with Gasteiger partial charge in [-0.1, -0.05) is 40.5 Å². The van der Waals surface area contributed by atoms with Gasteiger partial charge in [-0.25, -0.2) is 8.78 Å². The van der Waals surface area contributed by atoms with E-state index in [4.69, 9.17) is 11.6 Å². The first-order valence-electron chi connectivity index (χ1n) is 6.16. The van der Waals surface area contributed by atoms with Gasteiger partial charge < -0.3 is 5.32 Å². The summed E-state index contributed by atoms with van der Waals surface area (Å²) in [6.45, 7) is 2.47. The van der Waals surface area contributed by atoms with Crippen LogP contribution >= 0.6 is 27.5 Å². The van der Waals surface area contributed by atoms with Crippen molar-refractivity contribution < 1.29 is 8.78 Å². The third-order valence-corrected chi connectivity index (χ3v) is 3.68. The Bertz CT molecular complexity index is 619. The molecule has 5 heteroatoms. The normalized spacial score (nSPS) is 12.4. The lowest BCUT2D eigenvalue weighted by Crippen LogP contribution is -2.24. The number of rotatable bonds is 4. The second-order valence-electron chi connectivity index (χ2n) is 4.32. The van der Waals surface area contributed by atoms with Crippen LogP contribution in [0.1, 0.15) is 24.1 Å². The van der Waals surface area contributed by atoms with E-state index in [2.05, 4.69) is 21.2 Å². The van der Waals surface area contributed by atoms with Crippen molar-refractivity contribution in [2.75, 3.05) is 6.54 Å². The maximum absolute atomic E-state index is 14.1. The topological polar surface area (TPSA) is 12.0 Å². The molecule has 1 atom stereocenters. The summed E-state index contributed by atoms with van der Waals surface area (Å²) < 4.78 is 28.9. The summed E-state index contributed by atoms with van der Waals surface area (Å²) in [6, 6.07) is 8.46. The third-order valence-electron chi connectivity index (χ3n) is 2.95. The first-order chi connectivity index (χ1) is 9.52. The van der Waals surface area contributed by atoms with E-state index >= 15 is 0 Å². The second kappa shape index (κ2) is 6.66. The van der Waals surface area contributed by atoms with Crippen LogP contribution in [0.2, 0.25) is 5.02 Å². The van der Waals surface area contributed by atoms with Gasteiger partial charge in [-0.3, -0.25) is 0 Å². The standard InChI is InChI=1S/C15H13BrClF2N/c1-2-20-15(11-5-4-10(17)8-14(11)19)12-7-9(16)3-6-13(12)18/h3-8,15,20H,2H2,1H3. The van der Waals surface area contributed by atoms with Gasteiger partial charge in [-0.2, -0.15) is 0 Å². The summed E-state index contributed by atoms with van der Waals surface area (Å²) in [6.07, 6.45) is 0. The van der Waals surface area contributed by atoms with Crippen molar-refractivity contribution in [1.82, 2.24) is 5.32 Å². The summed E-state index contributed by atoms with van der Waals surface area (Å²) in [5.74, 6) is -0.837. The highest BCUT2D eigenvalue weighted by molar-refractivity contribution is 9.10. The quantitative estimate of drug-likeness (QED) is 0.802. The Morgan fingerprint density at radius 3 is 2.50 bits per heavy atom. The molecule has 0 aliphatic rings. The Morgan fingerprint density at radius 2 is 1.85 bits per heavy atom. The summed E-state index contributed by atoms with van der Waals surface area (Å²) in [5.41, 5.74) is 0.760. The van der Waals surface area contributed by atoms with Crippen molar-refractivity contribution in [3.05, 3.63) is 68.7 Å². The van der Waals surface area contributed by atoms with E-state index in [1.807, 2.05) is 6.92 Å². The molecule has 0 fully saturated rings.